The highest BCUT2D eigenvalue weighted by atomic mass is 32.2. The van der Waals surface area contributed by atoms with E-state index in [1.807, 2.05) is 11.8 Å². The number of hydrogen-bond acceptors (Lipinski definition) is 3. The van der Waals surface area contributed by atoms with E-state index in [0.29, 0.717) is 11.1 Å². The molecule has 0 amide bonds. The number of rotatable bonds is 7. The van der Waals surface area contributed by atoms with Gasteiger partial charge >= 0.3 is 0 Å². The Morgan fingerprint density at radius 3 is 2.33 bits per heavy atom. The second kappa shape index (κ2) is 7.16. The first-order valence-corrected chi connectivity index (χ1v) is 8.94. The standard InChI is InChI=1S/C15H32N2S/c1-6-14(4)13-17(10-9-11-18-5)15(7-2,8-3)12-16-14/h16H,6-13H2,1-5H3. The Balaban J connectivity index is 2.72. The number of thioether (sulfide) groups is 1. The highest BCUT2D eigenvalue weighted by molar-refractivity contribution is 7.98. The third-order valence-corrected chi connectivity index (χ3v) is 5.62. The summed E-state index contributed by atoms with van der Waals surface area (Å²) in [5.41, 5.74) is 0.709. The van der Waals surface area contributed by atoms with Crippen molar-refractivity contribution in [3.05, 3.63) is 0 Å². The van der Waals surface area contributed by atoms with Gasteiger partial charge in [0.2, 0.25) is 0 Å². The summed E-state index contributed by atoms with van der Waals surface area (Å²) in [5.74, 6) is 1.29. The van der Waals surface area contributed by atoms with Crippen LogP contribution >= 0.6 is 11.8 Å². The molecule has 1 aliphatic rings. The fourth-order valence-corrected chi connectivity index (χ4v) is 3.45. The van der Waals surface area contributed by atoms with E-state index in [-0.39, 0.29) is 0 Å². The van der Waals surface area contributed by atoms with Crippen molar-refractivity contribution < 1.29 is 0 Å². The second-order valence-corrected chi connectivity index (χ2v) is 6.95. The van der Waals surface area contributed by atoms with Crippen LogP contribution in [-0.4, -0.2) is 47.6 Å². The molecule has 0 radical (unpaired) electrons. The van der Waals surface area contributed by atoms with Gasteiger partial charge in [-0.2, -0.15) is 11.8 Å². The van der Waals surface area contributed by atoms with E-state index in [0.717, 1.165) is 6.54 Å². The van der Waals surface area contributed by atoms with Crippen molar-refractivity contribution in [2.24, 2.45) is 0 Å². The molecule has 0 aromatic carbocycles. The largest absolute Gasteiger partial charge is 0.308 e. The molecule has 1 saturated heterocycles. The molecule has 1 fully saturated rings. The zero-order valence-corrected chi connectivity index (χ0v) is 13.8. The molecule has 0 bridgehead atoms. The summed E-state index contributed by atoms with van der Waals surface area (Å²) in [5, 5.41) is 3.81. The lowest BCUT2D eigenvalue weighted by molar-refractivity contribution is 0.00277. The maximum absolute atomic E-state index is 3.81. The summed E-state index contributed by atoms with van der Waals surface area (Å²) in [6, 6.07) is 0. The van der Waals surface area contributed by atoms with Gasteiger partial charge in [0, 0.05) is 24.2 Å². The average molecular weight is 273 g/mol. The zero-order valence-electron chi connectivity index (χ0n) is 13.0. The SMILES string of the molecule is CCC1(C)CN(CCCSC)C(CC)(CC)CN1. The average Bonchev–Trinajstić information content (AvgIpc) is 2.40. The molecule has 1 N–H and O–H groups in total. The Labute approximate surface area is 118 Å². The topological polar surface area (TPSA) is 15.3 Å². The van der Waals surface area contributed by atoms with E-state index in [9.17, 15) is 0 Å². The number of nitrogens with zero attached hydrogens (tertiary/aromatic N) is 1. The van der Waals surface area contributed by atoms with E-state index in [2.05, 4.69) is 44.2 Å². The minimum Gasteiger partial charge on any atom is -0.308 e. The van der Waals surface area contributed by atoms with E-state index in [1.54, 1.807) is 0 Å². The molecule has 0 aromatic rings. The van der Waals surface area contributed by atoms with Crippen molar-refractivity contribution in [3.63, 3.8) is 0 Å². The maximum atomic E-state index is 3.81. The van der Waals surface area contributed by atoms with Crippen LogP contribution in [0.4, 0.5) is 0 Å². The van der Waals surface area contributed by atoms with Crippen LogP contribution in [0.15, 0.2) is 0 Å². The number of piperazine rings is 1. The first kappa shape index (κ1) is 16.3. The fourth-order valence-electron chi connectivity index (χ4n) is 3.03. The molecule has 108 valence electrons. The van der Waals surface area contributed by atoms with Crippen molar-refractivity contribution in [1.29, 1.82) is 0 Å². The molecule has 1 rings (SSSR count). The van der Waals surface area contributed by atoms with Crippen LogP contribution in [0, 0.1) is 0 Å². The van der Waals surface area contributed by atoms with Crippen LogP contribution in [0.5, 0.6) is 0 Å². The van der Waals surface area contributed by atoms with Gasteiger partial charge in [-0.05, 0) is 51.2 Å². The summed E-state index contributed by atoms with van der Waals surface area (Å²) in [7, 11) is 0. The highest BCUT2D eigenvalue weighted by Crippen LogP contribution is 2.31. The predicted octanol–water partition coefficient (Wildman–Crippen LogP) is 3.37. The van der Waals surface area contributed by atoms with Gasteiger partial charge in [0.15, 0.2) is 0 Å². The summed E-state index contributed by atoms with van der Waals surface area (Å²) in [6.07, 6.45) is 7.27. The smallest absolute Gasteiger partial charge is 0.0329 e. The maximum Gasteiger partial charge on any atom is 0.0329 e. The van der Waals surface area contributed by atoms with Gasteiger partial charge in [-0.3, -0.25) is 4.90 Å². The fraction of sp³-hybridized carbons (Fsp3) is 1.00. The normalized spacial score (nSPS) is 28.5. The molecule has 1 unspecified atom stereocenters. The van der Waals surface area contributed by atoms with Crippen LogP contribution < -0.4 is 5.32 Å². The molecule has 18 heavy (non-hydrogen) atoms. The predicted molar refractivity (Wildman–Crippen MR) is 84.6 cm³/mol. The molecule has 1 heterocycles. The van der Waals surface area contributed by atoms with Gasteiger partial charge in [-0.1, -0.05) is 20.8 Å². The van der Waals surface area contributed by atoms with Crippen LogP contribution in [0.1, 0.15) is 53.4 Å². The minimum atomic E-state index is 0.313. The van der Waals surface area contributed by atoms with Gasteiger partial charge in [-0.15, -0.1) is 0 Å². The van der Waals surface area contributed by atoms with Crippen molar-refractivity contribution in [3.8, 4) is 0 Å². The Kier molecular flexibility index (Phi) is 6.49. The molecule has 1 atom stereocenters. The third kappa shape index (κ3) is 3.64. The molecule has 0 saturated carbocycles. The minimum absolute atomic E-state index is 0.313. The molecule has 0 aliphatic carbocycles. The molecule has 3 heteroatoms. The molecule has 1 aliphatic heterocycles. The lowest BCUT2D eigenvalue weighted by Crippen LogP contribution is -2.68. The highest BCUT2D eigenvalue weighted by Gasteiger charge is 2.42. The summed E-state index contributed by atoms with van der Waals surface area (Å²) in [4.78, 5) is 2.78. The van der Waals surface area contributed by atoms with Crippen LogP contribution in [0.25, 0.3) is 0 Å². The van der Waals surface area contributed by atoms with Gasteiger partial charge in [0.1, 0.15) is 0 Å². The van der Waals surface area contributed by atoms with Gasteiger partial charge in [-0.25, -0.2) is 0 Å². The number of hydrogen-bond donors (Lipinski definition) is 1. The lowest BCUT2D eigenvalue weighted by atomic mass is 9.82. The quantitative estimate of drug-likeness (QED) is 0.715. The Morgan fingerprint density at radius 2 is 1.83 bits per heavy atom. The van der Waals surface area contributed by atoms with Crippen molar-refractivity contribution in [2.75, 3.05) is 31.6 Å². The van der Waals surface area contributed by atoms with Crippen molar-refractivity contribution in [2.45, 2.75) is 64.5 Å². The van der Waals surface area contributed by atoms with E-state index >= 15 is 0 Å². The Hall–Kier alpha value is 0.270. The summed E-state index contributed by atoms with van der Waals surface area (Å²) >= 11 is 1.97. The monoisotopic (exact) mass is 272 g/mol. The molecule has 2 nitrogen and oxygen atoms in total. The molecule has 0 spiro atoms. The first-order valence-electron chi connectivity index (χ1n) is 7.55. The van der Waals surface area contributed by atoms with E-state index < -0.39 is 0 Å². The van der Waals surface area contributed by atoms with Gasteiger partial charge in [0.05, 0.1) is 0 Å². The van der Waals surface area contributed by atoms with Crippen molar-refractivity contribution in [1.82, 2.24) is 10.2 Å². The van der Waals surface area contributed by atoms with E-state index in [4.69, 9.17) is 0 Å². The van der Waals surface area contributed by atoms with Crippen LogP contribution in [-0.2, 0) is 0 Å². The Morgan fingerprint density at radius 1 is 1.17 bits per heavy atom. The summed E-state index contributed by atoms with van der Waals surface area (Å²) < 4.78 is 0. The van der Waals surface area contributed by atoms with E-state index in [1.165, 1.54) is 44.5 Å². The summed E-state index contributed by atoms with van der Waals surface area (Å²) in [6.45, 7) is 13.0. The van der Waals surface area contributed by atoms with Crippen LogP contribution in [0.3, 0.4) is 0 Å². The second-order valence-electron chi connectivity index (χ2n) is 5.97. The van der Waals surface area contributed by atoms with Gasteiger partial charge < -0.3 is 5.32 Å². The molecular weight excluding hydrogens is 240 g/mol. The molecule has 0 aromatic heterocycles. The third-order valence-electron chi connectivity index (χ3n) is 4.93. The first-order chi connectivity index (χ1) is 8.55. The van der Waals surface area contributed by atoms with Crippen molar-refractivity contribution >= 4 is 11.8 Å². The molecular formula is C15H32N2S. The Bertz CT molecular complexity index is 241. The number of nitrogens with one attached hydrogen (secondary N) is 1. The zero-order chi connectivity index (χ0) is 13.6. The van der Waals surface area contributed by atoms with Crippen LogP contribution in [0.2, 0.25) is 0 Å². The lowest BCUT2D eigenvalue weighted by Gasteiger charge is -2.53. The van der Waals surface area contributed by atoms with Gasteiger partial charge in [0.25, 0.3) is 0 Å².